The van der Waals surface area contributed by atoms with E-state index in [0.29, 0.717) is 11.5 Å². The molecule has 2 N–H and O–H groups in total. The van der Waals surface area contributed by atoms with Crippen molar-refractivity contribution in [2.75, 3.05) is 12.5 Å². The third-order valence-electron chi connectivity index (χ3n) is 4.65. The van der Waals surface area contributed by atoms with E-state index in [1.807, 2.05) is 24.6 Å². The van der Waals surface area contributed by atoms with Gasteiger partial charge in [-0.3, -0.25) is 0 Å². The number of phenolic OH excluding ortho intramolecular Hbond substituents is 2. The van der Waals surface area contributed by atoms with Crippen LogP contribution in [0, 0.1) is 0 Å². The molecule has 2 nitrogen and oxygen atoms in total. The van der Waals surface area contributed by atoms with Crippen LogP contribution in [0.25, 0.3) is 0 Å². The predicted octanol–water partition coefficient (Wildman–Crippen LogP) is 5.76. The topological polar surface area (TPSA) is 40.5 Å². The number of rotatable bonds is 4. The van der Waals surface area contributed by atoms with Gasteiger partial charge in [0.2, 0.25) is 0 Å². The highest BCUT2D eigenvalue weighted by Crippen LogP contribution is 2.47. The number of hydrogen-bond acceptors (Lipinski definition) is 4. The lowest BCUT2D eigenvalue weighted by Crippen LogP contribution is -2.13. The maximum Gasteiger partial charge on any atom is 0.119 e. The van der Waals surface area contributed by atoms with Gasteiger partial charge >= 0.3 is 0 Å². The lowest BCUT2D eigenvalue weighted by molar-refractivity contribution is 0.434. The second-order valence-corrected chi connectivity index (χ2v) is 7.75. The molecule has 2 atom stereocenters. The van der Waals surface area contributed by atoms with E-state index in [1.165, 1.54) is 0 Å². The number of hydrogen-bond donors (Lipinski definition) is 2. The van der Waals surface area contributed by atoms with Crippen molar-refractivity contribution in [1.82, 2.24) is 0 Å². The van der Waals surface area contributed by atoms with E-state index in [1.54, 1.807) is 35.7 Å². The fourth-order valence-corrected chi connectivity index (χ4v) is 4.28. The molecule has 0 fully saturated rings. The van der Waals surface area contributed by atoms with Crippen molar-refractivity contribution in [3.8, 4) is 11.5 Å². The summed E-state index contributed by atoms with van der Waals surface area (Å²) >= 11 is 3.35. The number of phenols is 2. The van der Waals surface area contributed by atoms with Crippen molar-refractivity contribution in [1.29, 1.82) is 0 Å². The van der Waals surface area contributed by atoms with E-state index in [9.17, 15) is 10.2 Å². The van der Waals surface area contributed by atoms with Crippen LogP contribution in [-0.2, 0) is 0 Å². The van der Waals surface area contributed by atoms with E-state index >= 15 is 0 Å². The summed E-state index contributed by atoms with van der Waals surface area (Å²) in [7, 11) is 0. The van der Waals surface area contributed by atoms with Gasteiger partial charge in [-0.2, -0.15) is 0 Å². The lowest BCUT2D eigenvalue weighted by Gasteiger charge is -2.30. The van der Waals surface area contributed by atoms with Gasteiger partial charge in [-0.25, -0.2) is 0 Å². The summed E-state index contributed by atoms with van der Waals surface area (Å²) in [5.74, 6) is 0.924. The van der Waals surface area contributed by atoms with Crippen LogP contribution in [0.5, 0.6) is 11.5 Å². The first-order chi connectivity index (χ1) is 11.6. The average Bonchev–Trinajstić information content (AvgIpc) is 2.63. The Hall–Kier alpha value is -1.52. The molecule has 0 aliphatic heterocycles. The Morgan fingerprint density at radius 1 is 0.875 bits per heavy atom. The first-order valence-electron chi connectivity index (χ1n) is 8.04. The Labute approximate surface area is 152 Å². The van der Waals surface area contributed by atoms with Crippen LogP contribution >= 0.6 is 23.5 Å². The zero-order valence-corrected chi connectivity index (χ0v) is 15.5. The average molecular weight is 359 g/mol. The van der Waals surface area contributed by atoms with Gasteiger partial charge < -0.3 is 10.2 Å². The van der Waals surface area contributed by atoms with Crippen LogP contribution in [0.4, 0.5) is 0 Å². The largest absolute Gasteiger partial charge is 0.508 e. The molecule has 0 bridgehead atoms. The molecule has 4 heteroatoms. The highest BCUT2D eigenvalue weighted by Gasteiger charge is 2.29. The van der Waals surface area contributed by atoms with E-state index < -0.39 is 0 Å². The van der Waals surface area contributed by atoms with Crippen molar-refractivity contribution in [2.24, 2.45) is 0 Å². The standard InChI is InChI=1S/C20H22O2S2/c1-23-13-7-9-19(21)17(11-13)15-5-3-4-6-16(15)18-12-14(24-2)8-10-20(18)22/h3,5,7-12,15-16,21-22H,4,6H2,1-2H3/t15-,16-/m1/s1. The van der Waals surface area contributed by atoms with Crippen LogP contribution in [0.1, 0.15) is 35.8 Å². The highest BCUT2D eigenvalue weighted by molar-refractivity contribution is 7.98. The van der Waals surface area contributed by atoms with Gasteiger partial charge in [-0.1, -0.05) is 12.2 Å². The molecule has 0 amide bonds. The van der Waals surface area contributed by atoms with E-state index in [2.05, 4.69) is 24.3 Å². The van der Waals surface area contributed by atoms with E-state index in [4.69, 9.17) is 0 Å². The Kier molecular flexibility index (Phi) is 5.47. The smallest absolute Gasteiger partial charge is 0.119 e. The Morgan fingerprint density at radius 2 is 1.46 bits per heavy atom. The molecule has 0 saturated carbocycles. The third kappa shape index (κ3) is 3.45. The molecular formula is C20H22O2S2. The Balaban J connectivity index is 2.06. The number of allylic oxidation sites excluding steroid dienone is 2. The SMILES string of the molecule is CSc1ccc(O)c([C@@H]2C=CCC[C@H]2c2cc(SC)ccc2O)c1. The first kappa shape index (κ1) is 17.3. The third-order valence-corrected chi connectivity index (χ3v) is 6.10. The van der Waals surface area contributed by atoms with Gasteiger partial charge in [-0.15, -0.1) is 23.5 Å². The molecule has 24 heavy (non-hydrogen) atoms. The van der Waals surface area contributed by atoms with Crippen molar-refractivity contribution in [3.05, 3.63) is 59.7 Å². The molecule has 2 aromatic carbocycles. The van der Waals surface area contributed by atoms with E-state index in [-0.39, 0.29) is 11.8 Å². The monoisotopic (exact) mass is 358 g/mol. The molecule has 0 heterocycles. The van der Waals surface area contributed by atoms with Gasteiger partial charge in [0.15, 0.2) is 0 Å². The van der Waals surface area contributed by atoms with Crippen LogP contribution in [0.15, 0.2) is 58.3 Å². The number of aromatic hydroxyl groups is 2. The van der Waals surface area contributed by atoms with Crippen molar-refractivity contribution >= 4 is 23.5 Å². The quantitative estimate of drug-likeness (QED) is 0.538. The molecule has 0 saturated heterocycles. The van der Waals surface area contributed by atoms with Gasteiger partial charge in [0, 0.05) is 21.3 Å². The molecular weight excluding hydrogens is 336 g/mol. The summed E-state index contributed by atoms with van der Waals surface area (Å²) in [5.41, 5.74) is 1.92. The Morgan fingerprint density at radius 3 is 2.08 bits per heavy atom. The molecule has 3 rings (SSSR count). The van der Waals surface area contributed by atoms with Crippen molar-refractivity contribution < 1.29 is 10.2 Å². The molecule has 0 aromatic heterocycles. The zero-order valence-electron chi connectivity index (χ0n) is 13.9. The minimum Gasteiger partial charge on any atom is -0.508 e. The van der Waals surface area contributed by atoms with Crippen LogP contribution < -0.4 is 0 Å². The molecule has 1 aliphatic carbocycles. The second kappa shape index (κ2) is 7.58. The van der Waals surface area contributed by atoms with Gasteiger partial charge in [0.1, 0.15) is 11.5 Å². The van der Waals surface area contributed by atoms with Crippen LogP contribution in [-0.4, -0.2) is 22.7 Å². The normalized spacial score (nSPS) is 20.2. The molecule has 126 valence electrons. The van der Waals surface area contributed by atoms with Crippen LogP contribution in [0.2, 0.25) is 0 Å². The van der Waals surface area contributed by atoms with Gasteiger partial charge in [-0.05, 0) is 73.2 Å². The minimum absolute atomic E-state index is 0.0776. The molecule has 1 aliphatic rings. The molecule has 0 spiro atoms. The number of benzene rings is 2. The molecule has 2 aromatic rings. The molecule has 0 radical (unpaired) electrons. The fourth-order valence-electron chi connectivity index (χ4n) is 3.38. The Bertz CT molecular complexity index is 755. The van der Waals surface area contributed by atoms with Crippen LogP contribution in [0.3, 0.4) is 0 Å². The summed E-state index contributed by atoms with van der Waals surface area (Å²) < 4.78 is 0. The van der Waals surface area contributed by atoms with Crippen molar-refractivity contribution in [2.45, 2.75) is 34.5 Å². The maximum atomic E-state index is 10.4. The predicted molar refractivity (Wildman–Crippen MR) is 104 cm³/mol. The highest BCUT2D eigenvalue weighted by atomic mass is 32.2. The summed E-state index contributed by atoms with van der Waals surface area (Å²) in [6.45, 7) is 0. The van der Waals surface area contributed by atoms with Crippen molar-refractivity contribution in [3.63, 3.8) is 0 Å². The lowest BCUT2D eigenvalue weighted by atomic mass is 9.75. The van der Waals surface area contributed by atoms with E-state index in [0.717, 1.165) is 33.8 Å². The maximum absolute atomic E-state index is 10.4. The zero-order chi connectivity index (χ0) is 17.1. The fraction of sp³-hybridized carbons (Fsp3) is 0.300. The summed E-state index contributed by atoms with van der Waals surface area (Å²) in [5, 5.41) is 20.8. The summed E-state index contributed by atoms with van der Waals surface area (Å²) in [6, 6.07) is 11.6. The molecule has 0 unspecified atom stereocenters. The second-order valence-electron chi connectivity index (χ2n) is 5.99. The summed E-state index contributed by atoms with van der Waals surface area (Å²) in [4.78, 5) is 2.29. The summed E-state index contributed by atoms with van der Waals surface area (Å²) in [6.07, 6.45) is 10.4. The number of thioether (sulfide) groups is 2. The van der Waals surface area contributed by atoms with Gasteiger partial charge in [0.05, 0.1) is 0 Å². The van der Waals surface area contributed by atoms with Gasteiger partial charge in [0.25, 0.3) is 0 Å². The minimum atomic E-state index is 0.0776. The first-order valence-corrected chi connectivity index (χ1v) is 10.5.